The van der Waals surface area contributed by atoms with E-state index in [1.54, 1.807) is 0 Å². The third kappa shape index (κ3) is 6.56. The molecule has 0 saturated heterocycles. The zero-order valence-electron chi connectivity index (χ0n) is 39.1. The predicted molar refractivity (Wildman–Crippen MR) is 278 cm³/mol. The molecule has 8 aromatic carbocycles. The van der Waals surface area contributed by atoms with Gasteiger partial charge in [0.25, 0.3) is 0 Å². The Morgan fingerprint density at radius 1 is 0.531 bits per heavy atom. The zero-order chi connectivity index (χ0) is 44.4. The maximum absolute atomic E-state index is 2.49. The molecule has 316 valence electrons. The van der Waals surface area contributed by atoms with Gasteiger partial charge in [-0.05, 0) is 174 Å². The molecule has 3 aliphatic rings. The molecule has 0 nitrogen and oxygen atoms in total. The lowest BCUT2D eigenvalue weighted by Crippen LogP contribution is -2.25. The summed E-state index contributed by atoms with van der Waals surface area (Å²) >= 11 is 0. The van der Waals surface area contributed by atoms with E-state index in [1.807, 2.05) is 0 Å². The molecule has 8 aromatic rings. The smallest absolute Gasteiger partial charge is 0.0444 e. The number of hydrogen-bond acceptors (Lipinski definition) is 0. The van der Waals surface area contributed by atoms with Crippen molar-refractivity contribution in [2.45, 2.75) is 79.6 Å². The van der Waals surface area contributed by atoms with Gasteiger partial charge in [-0.25, -0.2) is 0 Å². The van der Waals surface area contributed by atoms with E-state index in [0.29, 0.717) is 23.7 Å². The van der Waals surface area contributed by atoms with Crippen molar-refractivity contribution in [3.63, 3.8) is 0 Å². The van der Waals surface area contributed by atoms with E-state index in [1.165, 1.54) is 115 Å². The van der Waals surface area contributed by atoms with E-state index < -0.39 is 0 Å². The van der Waals surface area contributed by atoms with E-state index in [2.05, 4.69) is 238 Å². The molecule has 64 heavy (non-hydrogen) atoms. The number of fused-ring (bicyclic) bond motifs is 11. The van der Waals surface area contributed by atoms with E-state index in [4.69, 9.17) is 0 Å². The molecule has 0 fully saturated rings. The van der Waals surface area contributed by atoms with Crippen molar-refractivity contribution < 1.29 is 0 Å². The molecule has 0 heterocycles. The number of benzene rings is 8. The van der Waals surface area contributed by atoms with Gasteiger partial charge in [0, 0.05) is 11.3 Å². The molecule has 0 radical (unpaired) electrons. The first-order valence-electron chi connectivity index (χ1n) is 23.5. The second kappa shape index (κ2) is 16.2. The van der Waals surface area contributed by atoms with Crippen LogP contribution in [0.25, 0.3) is 59.8 Å². The van der Waals surface area contributed by atoms with Crippen molar-refractivity contribution in [2.24, 2.45) is 11.8 Å². The normalized spacial score (nSPS) is 18.0. The van der Waals surface area contributed by atoms with Crippen LogP contribution in [0.4, 0.5) is 0 Å². The predicted octanol–water partition coefficient (Wildman–Crippen LogP) is 18.0. The van der Waals surface area contributed by atoms with Crippen LogP contribution in [-0.4, -0.2) is 0 Å². The highest BCUT2D eigenvalue weighted by atomic mass is 14.5. The Morgan fingerprint density at radius 3 is 1.58 bits per heavy atom. The van der Waals surface area contributed by atoms with Gasteiger partial charge in [0.05, 0.1) is 0 Å². The highest BCUT2D eigenvalue weighted by molar-refractivity contribution is 6.32. The van der Waals surface area contributed by atoms with Gasteiger partial charge in [0.1, 0.15) is 0 Å². The van der Waals surface area contributed by atoms with E-state index in [-0.39, 0.29) is 5.41 Å². The number of hydrogen-bond donors (Lipinski definition) is 0. The molecule has 0 saturated carbocycles. The van der Waals surface area contributed by atoms with Crippen LogP contribution in [-0.2, 0) is 5.41 Å². The quantitative estimate of drug-likeness (QED) is 0.147. The Bertz CT molecular complexity index is 3280. The van der Waals surface area contributed by atoms with Gasteiger partial charge in [-0.2, -0.15) is 0 Å². The first-order valence-corrected chi connectivity index (χ1v) is 23.5. The summed E-state index contributed by atoms with van der Waals surface area (Å²) in [4.78, 5) is 0. The molecule has 0 spiro atoms. The van der Waals surface area contributed by atoms with E-state index in [0.717, 1.165) is 0 Å². The molecule has 3 aliphatic carbocycles. The number of allylic oxidation sites excluding steroid dienone is 10. The van der Waals surface area contributed by atoms with Crippen molar-refractivity contribution in [3.8, 4) is 11.1 Å². The SMILES string of the molecule is CC(C)C(C)c1ccccc1C1C=CC=CC1C.CC1=C(C)C1=C(/C(C)=C(\C)c1cc2c3ccccc3c3ccccc3c2c2ccccc12)C1(C)c2ccccc2-c2ccccc21. The molecule has 0 heteroatoms. The van der Waals surface area contributed by atoms with Crippen molar-refractivity contribution in [1.29, 1.82) is 0 Å². The largest absolute Gasteiger partial charge is 0.0808 e. The Labute approximate surface area is 381 Å². The summed E-state index contributed by atoms with van der Waals surface area (Å²) in [5.74, 6) is 2.43. The minimum Gasteiger partial charge on any atom is -0.0808 e. The van der Waals surface area contributed by atoms with Crippen LogP contribution in [0.5, 0.6) is 0 Å². The third-order valence-corrected chi connectivity index (χ3v) is 15.6. The molecule has 3 atom stereocenters. The van der Waals surface area contributed by atoms with Crippen molar-refractivity contribution in [2.75, 3.05) is 0 Å². The lowest BCUT2D eigenvalue weighted by atomic mass is 9.69. The van der Waals surface area contributed by atoms with Gasteiger partial charge >= 0.3 is 0 Å². The molecular formula is C64H60. The van der Waals surface area contributed by atoms with Gasteiger partial charge in [0.15, 0.2) is 0 Å². The van der Waals surface area contributed by atoms with Crippen molar-refractivity contribution >= 4 is 48.7 Å². The minimum absolute atomic E-state index is 0.261. The van der Waals surface area contributed by atoms with E-state index >= 15 is 0 Å². The fraction of sp³-hybridized carbons (Fsp3) is 0.219. The van der Waals surface area contributed by atoms with Crippen LogP contribution in [0.2, 0.25) is 0 Å². The minimum atomic E-state index is -0.261. The topological polar surface area (TPSA) is 0 Å². The monoisotopic (exact) mass is 828 g/mol. The highest BCUT2D eigenvalue weighted by Gasteiger charge is 2.46. The van der Waals surface area contributed by atoms with Crippen molar-refractivity contribution in [1.82, 2.24) is 0 Å². The summed E-state index contributed by atoms with van der Waals surface area (Å²) < 4.78 is 0. The highest BCUT2D eigenvalue weighted by Crippen LogP contribution is 2.59. The first-order chi connectivity index (χ1) is 31.0. The van der Waals surface area contributed by atoms with Gasteiger partial charge in [0.2, 0.25) is 0 Å². The standard InChI is InChI=1S/C46H36.C18H24/c1-27(30(4)45(43-28(2)29(43)3)46(5)41-24-14-12-20-35(41)36-21-13-15-25-42(36)46)39-26-40-33-18-7-6-16-31(33)32-17-8-10-22-37(32)44(40)38-23-11-9-19-34(38)39;1-13(2)15(4)17-11-7-8-12-18(17)16-10-6-5-9-14(16)3/h6-26H,1-5H3;5-16H,1-4H3/b30-27+;. The summed E-state index contributed by atoms with van der Waals surface area (Å²) in [5, 5.41) is 10.6. The number of rotatable bonds is 6. The second-order valence-electron chi connectivity index (χ2n) is 19.3. The molecular weight excluding hydrogens is 769 g/mol. The average molecular weight is 829 g/mol. The Hall–Kier alpha value is -6.50. The molecule has 0 aliphatic heterocycles. The zero-order valence-corrected chi connectivity index (χ0v) is 39.1. The van der Waals surface area contributed by atoms with Gasteiger partial charge in [-0.3, -0.25) is 0 Å². The fourth-order valence-electron chi connectivity index (χ4n) is 11.5. The maximum atomic E-state index is 2.49. The molecule has 11 rings (SSSR count). The summed E-state index contributed by atoms with van der Waals surface area (Å²) in [6.07, 6.45) is 9.00. The van der Waals surface area contributed by atoms with Crippen LogP contribution in [0.3, 0.4) is 0 Å². The molecule has 0 aromatic heterocycles. The maximum Gasteiger partial charge on any atom is 0.0444 e. The Kier molecular flexibility index (Phi) is 10.5. The Morgan fingerprint density at radius 2 is 1.00 bits per heavy atom. The lowest BCUT2D eigenvalue weighted by molar-refractivity contribution is 0.522. The fourth-order valence-corrected chi connectivity index (χ4v) is 11.5. The van der Waals surface area contributed by atoms with Crippen molar-refractivity contribution in [3.05, 3.63) is 232 Å². The first kappa shape index (κ1) is 41.5. The van der Waals surface area contributed by atoms with Gasteiger partial charge in [-0.1, -0.05) is 198 Å². The van der Waals surface area contributed by atoms with Crippen LogP contribution in [0.1, 0.15) is 102 Å². The molecule has 0 amide bonds. The van der Waals surface area contributed by atoms with Crippen LogP contribution < -0.4 is 0 Å². The summed E-state index contributed by atoms with van der Waals surface area (Å²) in [6.45, 7) is 21.1. The van der Waals surface area contributed by atoms with E-state index in [9.17, 15) is 0 Å². The Balaban J connectivity index is 0.000000227. The van der Waals surface area contributed by atoms with Gasteiger partial charge < -0.3 is 0 Å². The van der Waals surface area contributed by atoms with Crippen LogP contribution in [0.15, 0.2) is 204 Å². The summed E-state index contributed by atoms with van der Waals surface area (Å²) in [7, 11) is 0. The second-order valence-corrected chi connectivity index (χ2v) is 19.3. The van der Waals surface area contributed by atoms with Crippen LogP contribution in [0, 0.1) is 11.8 Å². The molecule has 3 unspecified atom stereocenters. The van der Waals surface area contributed by atoms with Crippen LogP contribution >= 0.6 is 0 Å². The summed E-state index contributed by atoms with van der Waals surface area (Å²) in [5.41, 5.74) is 18.1. The van der Waals surface area contributed by atoms with Gasteiger partial charge in [-0.15, -0.1) is 0 Å². The third-order valence-electron chi connectivity index (χ3n) is 15.6. The molecule has 0 bridgehead atoms. The summed E-state index contributed by atoms with van der Waals surface area (Å²) in [6, 6.07) is 56.5. The lowest BCUT2D eigenvalue weighted by Gasteiger charge is -2.33. The average Bonchev–Trinajstić information content (AvgIpc) is 3.82. The molecule has 0 N–H and O–H groups in total.